The number of likely N-dealkylation sites (tertiary alicyclic amines) is 1. The molecule has 0 spiro atoms. The number of rotatable bonds is 12. The number of halogens is 1. The number of nitrogens with one attached hydrogen (secondary N) is 1. The van der Waals surface area contributed by atoms with Gasteiger partial charge in [-0.1, -0.05) is 32.4 Å². The van der Waals surface area contributed by atoms with Crippen molar-refractivity contribution < 1.29 is 24.9 Å². The Balaban J connectivity index is 0.00000533. The van der Waals surface area contributed by atoms with E-state index in [1.165, 1.54) is 17.3 Å². The van der Waals surface area contributed by atoms with Crippen LogP contribution in [0.2, 0.25) is 0 Å². The van der Waals surface area contributed by atoms with Crippen molar-refractivity contribution in [1.82, 2.24) is 15.1 Å². The van der Waals surface area contributed by atoms with Crippen LogP contribution in [0.1, 0.15) is 38.7 Å². The molecular weight excluding hydrogens is 558 g/mol. The molecule has 2 saturated heterocycles. The van der Waals surface area contributed by atoms with Crippen LogP contribution in [0.15, 0.2) is 29.2 Å². The van der Waals surface area contributed by atoms with Gasteiger partial charge in [0.15, 0.2) is 0 Å². The second-order valence-electron chi connectivity index (χ2n) is 11.1. The number of aliphatic hydroxyl groups excluding tert-OH is 3. The largest absolute Gasteiger partial charge is 0.388 e. The van der Waals surface area contributed by atoms with Gasteiger partial charge >= 0.3 is 0 Å². The number of likely N-dealkylation sites (N-methyl/N-ethyl adjacent to an activating group) is 2. The van der Waals surface area contributed by atoms with Gasteiger partial charge in [0.2, 0.25) is 5.91 Å². The molecule has 2 aliphatic rings. The fraction of sp³-hybridized carbons (Fsp3) is 0.750. The van der Waals surface area contributed by atoms with Crippen molar-refractivity contribution in [1.29, 1.82) is 0 Å². The Hall–Kier alpha value is -0.560. The van der Waals surface area contributed by atoms with Crippen molar-refractivity contribution in [3.63, 3.8) is 0 Å². The molecule has 1 amide bonds. The Morgan fingerprint density at radius 2 is 1.85 bits per heavy atom. The summed E-state index contributed by atoms with van der Waals surface area (Å²) >= 11 is 2.88. The quantitative estimate of drug-likeness (QED) is 0.267. The van der Waals surface area contributed by atoms with Crippen LogP contribution in [-0.2, 0) is 16.0 Å². The van der Waals surface area contributed by atoms with E-state index in [0.29, 0.717) is 5.92 Å². The molecule has 224 valence electrons. The SMILES string of the molecule is CCC[C@@H]1C[C@@H](C(=O)N[C@@H]([C@H]2O[C@H](SC)[C@H](O)[C@@H](O)[C@H]2O)[C@H](C)Sc2ccc(CCN(C)C)cc2)N(C)C1.Cl. The highest BCUT2D eigenvalue weighted by molar-refractivity contribution is 8.00. The number of ether oxygens (including phenoxy) is 1. The van der Waals surface area contributed by atoms with Gasteiger partial charge in [0.05, 0.1) is 12.1 Å². The van der Waals surface area contributed by atoms with Crippen molar-refractivity contribution in [2.75, 3.05) is 40.5 Å². The van der Waals surface area contributed by atoms with Crippen LogP contribution in [0.3, 0.4) is 0 Å². The Bertz CT molecular complexity index is 881. The lowest BCUT2D eigenvalue weighted by Gasteiger charge is -2.44. The molecule has 2 fully saturated rings. The maximum absolute atomic E-state index is 13.6. The second-order valence-corrected chi connectivity index (χ2v) is 13.5. The van der Waals surface area contributed by atoms with Gasteiger partial charge in [0, 0.05) is 23.2 Å². The van der Waals surface area contributed by atoms with E-state index in [1.807, 2.05) is 14.0 Å². The minimum atomic E-state index is -1.36. The average Bonchev–Trinajstić information content (AvgIpc) is 3.26. The third-order valence-electron chi connectivity index (χ3n) is 7.73. The van der Waals surface area contributed by atoms with E-state index in [9.17, 15) is 20.1 Å². The lowest BCUT2D eigenvalue weighted by atomic mass is 9.92. The van der Waals surface area contributed by atoms with Crippen molar-refractivity contribution in [2.24, 2.45) is 5.92 Å². The van der Waals surface area contributed by atoms with Crippen LogP contribution < -0.4 is 5.32 Å². The summed E-state index contributed by atoms with van der Waals surface area (Å²) in [6.45, 7) is 6.05. The smallest absolute Gasteiger partial charge is 0.237 e. The lowest BCUT2D eigenvalue weighted by Crippen LogP contribution is -2.65. The van der Waals surface area contributed by atoms with Gasteiger partial charge < -0.3 is 30.3 Å². The van der Waals surface area contributed by atoms with Gasteiger partial charge in [-0.05, 0) is 70.3 Å². The maximum Gasteiger partial charge on any atom is 0.237 e. The van der Waals surface area contributed by atoms with Crippen LogP contribution in [-0.4, -0.2) is 119 Å². The summed E-state index contributed by atoms with van der Waals surface area (Å²) in [5.41, 5.74) is 0.562. The van der Waals surface area contributed by atoms with E-state index in [0.717, 1.165) is 43.7 Å². The van der Waals surface area contributed by atoms with Crippen molar-refractivity contribution in [2.45, 2.75) is 91.6 Å². The van der Waals surface area contributed by atoms with Gasteiger partial charge in [0.25, 0.3) is 0 Å². The zero-order valence-electron chi connectivity index (χ0n) is 24.0. The highest BCUT2D eigenvalue weighted by atomic mass is 35.5. The molecule has 2 heterocycles. The molecule has 11 heteroatoms. The molecule has 1 aromatic carbocycles. The molecule has 4 N–H and O–H groups in total. The van der Waals surface area contributed by atoms with Gasteiger partial charge in [-0.3, -0.25) is 9.69 Å². The Labute approximate surface area is 249 Å². The highest BCUT2D eigenvalue weighted by Crippen LogP contribution is 2.34. The molecule has 39 heavy (non-hydrogen) atoms. The molecule has 9 atom stereocenters. The first-order valence-electron chi connectivity index (χ1n) is 13.7. The molecule has 0 saturated carbocycles. The van der Waals surface area contributed by atoms with Gasteiger partial charge in [-0.2, -0.15) is 0 Å². The summed E-state index contributed by atoms with van der Waals surface area (Å²) in [7, 11) is 6.11. The van der Waals surface area contributed by atoms with E-state index in [-0.39, 0.29) is 29.6 Å². The van der Waals surface area contributed by atoms with Crippen molar-refractivity contribution in [3.8, 4) is 0 Å². The summed E-state index contributed by atoms with van der Waals surface area (Å²) < 4.78 is 6.13. The molecule has 8 nitrogen and oxygen atoms in total. The topological polar surface area (TPSA) is 106 Å². The summed E-state index contributed by atoms with van der Waals surface area (Å²) in [6, 6.07) is 7.62. The zero-order valence-corrected chi connectivity index (χ0v) is 26.5. The third-order valence-corrected chi connectivity index (χ3v) is 9.80. The molecule has 0 unspecified atom stereocenters. The fourth-order valence-corrected chi connectivity index (χ4v) is 7.27. The minimum absolute atomic E-state index is 0. The first-order valence-corrected chi connectivity index (χ1v) is 15.9. The molecule has 0 bridgehead atoms. The molecule has 0 radical (unpaired) electrons. The van der Waals surface area contributed by atoms with E-state index in [1.54, 1.807) is 18.0 Å². The molecule has 3 rings (SSSR count). The third kappa shape index (κ3) is 9.21. The number of hydrogen-bond acceptors (Lipinski definition) is 9. The summed E-state index contributed by atoms with van der Waals surface area (Å²) in [6.07, 6.45) is 0.996. The molecule has 0 aromatic heterocycles. The summed E-state index contributed by atoms with van der Waals surface area (Å²) in [5.74, 6) is 0.408. The van der Waals surface area contributed by atoms with Crippen LogP contribution >= 0.6 is 35.9 Å². The minimum Gasteiger partial charge on any atom is -0.388 e. The van der Waals surface area contributed by atoms with E-state index >= 15 is 0 Å². The van der Waals surface area contributed by atoms with E-state index < -0.39 is 35.9 Å². The van der Waals surface area contributed by atoms with Crippen molar-refractivity contribution in [3.05, 3.63) is 29.8 Å². The van der Waals surface area contributed by atoms with Gasteiger partial charge in [0.1, 0.15) is 29.9 Å². The normalized spacial score (nSPS) is 31.1. The Morgan fingerprint density at radius 1 is 1.18 bits per heavy atom. The van der Waals surface area contributed by atoms with Crippen LogP contribution in [0.5, 0.6) is 0 Å². The number of aliphatic hydroxyl groups is 3. The number of thioether (sulfide) groups is 2. The number of benzene rings is 1. The molecule has 0 aliphatic carbocycles. The first kappa shape index (κ1) is 34.6. The number of amides is 1. The van der Waals surface area contributed by atoms with Crippen LogP contribution in [0.25, 0.3) is 0 Å². The van der Waals surface area contributed by atoms with E-state index in [4.69, 9.17) is 4.74 Å². The second kappa shape index (κ2) is 16.2. The average molecular weight is 606 g/mol. The monoisotopic (exact) mass is 605 g/mol. The van der Waals surface area contributed by atoms with Crippen LogP contribution in [0.4, 0.5) is 0 Å². The van der Waals surface area contributed by atoms with Crippen molar-refractivity contribution >= 4 is 41.8 Å². The Kier molecular flexibility index (Phi) is 14.4. The molecule has 1 aromatic rings. The predicted octanol–water partition coefficient (Wildman–Crippen LogP) is 2.47. The van der Waals surface area contributed by atoms with Crippen LogP contribution in [0, 0.1) is 5.92 Å². The van der Waals surface area contributed by atoms with Gasteiger partial charge in [-0.15, -0.1) is 35.9 Å². The molecule has 2 aliphatic heterocycles. The molecular formula is C28H48ClN3O5S2. The zero-order chi connectivity index (χ0) is 28.0. The lowest BCUT2D eigenvalue weighted by molar-refractivity contribution is -0.205. The fourth-order valence-electron chi connectivity index (χ4n) is 5.50. The summed E-state index contributed by atoms with van der Waals surface area (Å²) in [4.78, 5) is 18.9. The number of hydrogen-bond donors (Lipinski definition) is 4. The predicted molar refractivity (Wildman–Crippen MR) is 163 cm³/mol. The number of carbonyl (C=O) groups excluding carboxylic acids is 1. The maximum atomic E-state index is 13.6. The highest BCUT2D eigenvalue weighted by Gasteiger charge is 2.48. The summed E-state index contributed by atoms with van der Waals surface area (Å²) in [5, 5.41) is 35.0. The number of carbonyl (C=O) groups is 1. The number of nitrogens with zero attached hydrogens (tertiary/aromatic N) is 2. The standard InChI is InChI=1S/C28H47N3O5S2.ClH/c1-7-8-19-15-21(31(5)16-19)27(35)29-22(26-24(33)23(32)25(34)28(36-26)37-6)17(2)38-20-11-9-18(10-12-20)13-14-30(3)4;/h9-12,17,19,21-26,28,32-34H,7-8,13-16H2,1-6H3,(H,29,35);1H/t17-,19+,21-,22+,23-,24+,25+,26+,28+;/m0./s1. The van der Waals surface area contributed by atoms with Gasteiger partial charge in [-0.25, -0.2) is 0 Å². The first-order chi connectivity index (χ1) is 18.0. The van der Waals surface area contributed by atoms with E-state index in [2.05, 4.69) is 60.4 Å². The Morgan fingerprint density at radius 3 is 2.44 bits per heavy atom.